The highest BCUT2D eigenvalue weighted by molar-refractivity contribution is 6.30. The normalized spacial score (nSPS) is 11.5. The number of hydrogen-bond donors (Lipinski definition) is 2. The van der Waals surface area contributed by atoms with E-state index in [4.69, 9.17) is 17.0 Å². The summed E-state index contributed by atoms with van der Waals surface area (Å²) < 4.78 is 0. The van der Waals surface area contributed by atoms with Crippen LogP contribution in [0, 0.1) is 5.41 Å². The molecule has 0 unspecified atom stereocenters. The molecule has 0 aliphatic rings. The molecule has 3 heterocycles. The van der Waals surface area contributed by atoms with Crippen LogP contribution in [0.5, 0.6) is 0 Å². The first-order valence-electron chi connectivity index (χ1n) is 6.98. The minimum atomic E-state index is 0.357. The van der Waals surface area contributed by atoms with Crippen molar-refractivity contribution in [3.05, 3.63) is 71.4 Å². The second-order valence-electron chi connectivity index (χ2n) is 4.86. The van der Waals surface area contributed by atoms with Gasteiger partial charge in [-0.25, -0.2) is 4.98 Å². The van der Waals surface area contributed by atoms with Crippen LogP contribution in [0.4, 0.5) is 0 Å². The van der Waals surface area contributed by atoms with Gasteiger partial charge < -0.3 is 5.32 Å². The molecule has 3 aromatic heterocycles. The number of halogens is 1. The fraction of sp³-hybridized carbons (Fsp3) is 0.0588. The van der Waals surface area contributed by atoms with Crippen LogP contribution >= 0.6 is 11.6 Å². The highest BCUT2D eigenvalue weighted by atomic mass is 35.5. The van der Waals surface area contributed by atoms with Crippen molar-refractivity contribution in [2.45, 2.75) is 0 Å². The largest absolute Gasteiger partial charge is 0.393 e. The van der Waals surface area contributed by atoms with Crippen LogP contribution in [-0.2, 0) is 0 Å². The Hall–Kier alpha value is -2.79. The fourth-order valence-corrected chi connectivity index (χ4v) is 2.39. The molecule has 3 aromatic rings. The number of fused-ring (bicyclic) bond motifs is 1. The molecule has 3 rings (SSSR count). The first kappa shape index (κ1) is 15.1. The van der Waals surface area contributed by atoms with Crippen LogP contribution < -0.4 is 5.32 Å². The Labute approximate surface area is 138 Å². The summed E-state index contributed by atoms with van der Waals surface area (Å²) in [4.78, 5) is 12.8. The smallest absolute Gasteiger partial charge is 0.129 e. The van der Waals surface area contributed by atoms with Crippen LogP contribution in [0.1, 0.15) is 11.1 Å². The molecule has 0 spiro atoms. The Balaban J connectivity index is 2.08. The van der Waals surface area contributed by atoms with Crippen LogP contribution in [0.25, 0.3) is 16.6 Å². The summed E-state index contributed by atoms with van der Waals surface area (Å²) in [5.41, 5.74) is 4.03. The fourth-order valence-electron chi connectivity index (χ4n) is 2.24. The SMILES string of the molecule is CN/C=C(\C(=N)c1cccnc1)c1cnc2ccc(Cl)nc2c1. The van der Waals surface area contributed by atoms with Crippen LogP contribution in [0.3, 0.4) is 0 Å². The summed E-state index contributed by atoms with van der Waals surface area (Å²) in [6.45, 7) is 0. The molecule has 0 radical (unpaired) electrons. The molecule has 5 nitrogen and oxygen atoms in total. The Morgan fingerprint density at radius 1 is 1.17 bits per heavy atom. The molecule has 0 atom stereocenters. The maximum absolute atomic E-state index is 8.46. The van der Waals surface area contributed by atoms with Crippen molar-refractivity contribution in [3.8, 4) is 0 Å². The third kappa shape index (κ3) is 3.19. The van der Waals surface area contributed by atoms with E-state index in [0.717, 1.165) is 16.6 Å². The molecule has 23 heavy (non-hydrogen) atoms. The molecule has 0 aliphatic heterocycles. The Bertz CT molecular complexity index is 890. The third-order valence-corrected chi connectivity index (χ3v) is 3.53. The van der Waals surface area contributed by atoms with E-state index in [9.17, 15) is 0 Å². The van der Waals surface area contributed by atoms with Crippen molar-refractivity contribution in [1.82, 2.24) is 20.3 Å². The molecule has 114 valence electrons. The lowest BCUT2D eigenvalue weighted by atomic mass is 9.98. The molecule has 0 aromatic carbocycles. The van der Waals surface area contributed by atoms with Gasteiger partial charge in [0.2, 0.25) is 0 Å². The lowest BCUT2D eigenvalue weighted by Crippen LogP contribution is -2.08. The van der Waals surface area contributed by atoms with Gasteiger partial charge in [0, 0.05) is 48.5 Å². The number of aromatic nitrogens is 3. The summed E-state index contributed by atoms with van der Waals surface area (Å²) >= 11 is 5.95. The number of rotatable bonds is 4. The number of nitrogens with zero attached hydrogens (tertiary/aromatic N) is 3. The Morgan fingerprint density at radius 2 is 2.04 bits per heavy atom. The second-order valence-corrected chi connectivity index (χ2v) is 5.25. The summed E-state index contributed by atoms with van der Waals surface area (Å²) in [6.07, 6.45) is 6.84. The molecule has 0 saturated carbocycles. The average molecular weight is 324 g/mol. The number of nitrogens with one attached hydrogen (secondary N) is 2. The van der Waals surface area contributed by atoms with Gasteiger partial charge >= 0.3 is 0 Å². The first-order chi connectivity index (χ1) is 11.2. The second kappa shape index (κ2) is 6.54. The van der Waals surface area contributed by atoms with E-state index in [1.165, 1.54) is 0 Å². The third-order valence-electron chi connectivity index (χ3n) is 3.32. The highest BCUT2D eigenvalue weighted by Gasteiger charge is 2.12. The maximum atomic E-state index is 8.46. The van der Waals surface area contributed by atoms with E-state index in [0.29, 0.717) is 22.0 Å². The minimum absolute atomic E-state index is 0.357. The Kier molecular flexibility index (Phi) is 4.30. The zero-order chi connectivity index (χ0) is 16.2. The van der Waals surface area contributed by atoms with Gasteiger partial charge in [-0.1, -0.05) is 11.6 Å². The van der Waals surface area contributed by atoms with Gasteiger partial charge in [0.25, 0.3) is 0 Å². The summed E-state index contributed by atoms with van der Waals surface area (Å²) in [5, 5.41) is 11.8. The lowest BCUT2D eigenvalue weighted by molar-refractivity contribution is 1.11. The van der Waals surface area contributed by atoms with E-state index in [1.807, 2.05) is 18.2 Å². The van der Waals surface area contributed by atoms with Crippen molar-refractivity contribution in [2.24, 2.45) is 0 Å². The van der Waals surface area contributed by atoms with Gasteiger partial charge in [-0.3, -0.25) is 15.4 Å². The van der Waals surface area contributed by atoms with Crippen molar-refractivity contribution >= 4 is 33.9 Å². The topological polar surface area (TPSA) is 74.6 Å². The molecule has 0 saturated heterocycles. The van der Waals surface area contributed by atoms with Gasteiger partial charge in [0.15, 0.2) is 0 Å². The predicted molar refractivity (Wildman–Crippen MR) is 92.7 cm³/mol. The standard InChI is InChI=1S/C17H14ClN5/c1-20-10-13(17(19)11-3-2-6-21-8-11)12-7-15-14(22-9-12)4-5-16(18)23-15/h2-10,19-20H,1H3/b13-10-,19-17?. The van der Waals surface area contributed by atoms with Crippen LogP contribution in [-0.4, -0.2) is 27.7 Å². The first-order valence-corrected chi connectivity index (χ1v) is 7.36. The molecule has 0 fully saturated rings. The molecule has 2 N–H and O–H groups in total. The van der Waals surface area contributed by atoms with Crippen LogP contribution in [0.15, 0.2) is 55.1 Å². The molecular formula is C17H14ClN5. The molecule has 0 bridgehead atoms. The quantitative estimate of drug-likeness (QED) is 0.570. The van der Waals surface area contributed by atoms with Crippen molar-refractivity contribution < 1.29 is 0 Å². The van der Waals surface area contributed by atoms with Crippen molar-refractivity contribution in [2.75, 3.05) is 7.05 Å². The number of pyridine rings is 3. The molecular weight excluding hydrogens is 310 g/mol. The van der Waals surface area contributed by atoms with Gasteiger partial charge in [0.1, 0.15) is 5.15 Å². The van der Waals surface area contributed by atoms with E-state index < -0.39 is 0 Å². The predicted octanol–water partition coefficient (Wildman–Crippen LogP) is 3.31. The lowest BCUT2D eigenvalue weighted by Gasteiger charge is -2.10. The minimum Gasteiger partial charge on any atom is -0.393 e. The summed E-state index contributed by atoms with van der Waals surface area (Å²) in [5.74, 6) is 0. The summed E-state index contributed by atoms with van der Waals surface area (Å²) in [6, 6.07) is 9.06. The number of hydrogen-bond acceptors (Lipinski definition) is 5. The maximum Gasteiger partial charge on any atom is 0.129 e. The van der Waals surface area contributed by atoms with E-state index in [1.54, 1.807) is 44.0 Å². The van der Waals surface area contributed by atoms with Crippen LogP contribution in [0.2, 0.25) is 5.15 Å². The van der Waals surface area contributed by atoms with Gasteiger partial charge in [0.05, 0.1) is 16.7 Å². The average Bonchev–Trinajstić information content (AvgIpc) is 2.59. The zero-order valence-electron chi connectivity index (χ0n) is 12.4. The Morgan fingerprint density at radius 3 is 2.78 bits per heavy atom. The highest BCUT2D eigenvalue weighted by Crippen LogP contribution is 2.22. The van der Waals surface area contributed by atoms with Crippen molar-refractivity contribution in [1.29, 1.82) is 5.41 Å². The zero-order valence-corrected chi connectivity index (χ0v) is 13.2. The van der Waals surface area contributed by atoms with E-state index in [-0.39, 0.29) is 0 Å². The molecule has 6 heteroatoms. The van der Waals surface area contributed by atoms with E-state index in [2.05, 4.69) is 20.3 Å². The van der Waals surface area contributed by atoms with Crippen molar-refractivity contribution in [3.63, 3.8) is 0 Å². The monoisotopic (exact) mass is 323 g/mol. The summed E-state index contributed by atoms with van der Waals surface area (Å²) in [7, 11) is 1.79. The van der Waals surface area contributed by atoms with E-state index >= 15 is 0 Å². The van der Waals surface area contributed by atoms with Gasteiger partial charge in [-0.05, 0) is 30.3 Å². The van der Waals surface area contributed by atoms with Gasteiger partial charge in [-0.2, -0.15) is 0 Å². The van der Waals surface area contributed by atoms with Gasteiger partial charge in [-0.15, -0.1) is 0 Å². The molecule has 0 aliphatic carbocycles. The number of allylic oxidation sites excluding steroid dienone is 1. The molecule has 0 amide bonds.